The number of hydrogen-bond donors (Lipinski definition) is 2. The lowest BCUT2D eigenvalue weighted by Crippen LogP contribution is -2.44. The number of benzene rings is 2. The second-order valence-corrected chi connectivity index (χ2v) is 9.06. The first-order chi connectivity index (χ1) is 17.2. The minimum atomic E-state index is 0.610. The zero-order chi connectivity index (χ0) is 24.0. The maximum Gasteiger partial charge on any atom is 0.218 e. The van der Waals surface area contributed by atoms with Crippen LogP contribution in [0.25, 0.3) is 10.9 Å². The molecular weight excluding hydrogens is 438 g/mol. The van der Waals surface area contributed by atoms with Crippen molar-refractivity contribution in [3.63, 3.8) is 0 Å². The minimum Gasteiger partial charge on any atom is -0.338 e. The maximum absolute atomic E-state index is 12.3. The number of anilines is 4. The first kappa shape index (κ1) is 23.0. The summed E-state index contributed by atoms with van der Waals surface area (Å²) in [6.45, 7) is 5.66. The molecule has 0 bridgehead atoms. The standard InChI is InChI=1S/C27H31N7O/c1-32-13-15-33(16-14-32)12-4-6-21-5-2-7-24(17-21)34(20-35)26-8-3-11-28-27(26)30-23-10-9-22-19-29-31-25(22)18-23/h2-3,5,7-11,17-20H,4,6,12-16H2,1H3,(H,28,30)(H,29,31). The number of aryl methyl sites for hydroxylation is 1. The van der Waals surface area contributed by atoms with Crippen LogP contribution in [0.3, 0.4) is 0 Å². The van der Waals surface area contributed by atoms with E-state index in [0.717, 1.165) is 74.3 Å². The van der Waals surface area contributed by atoms with Gasteiger partial charge in [0, 0.05) is 49.1 Å². The molecule has 8 heteroatoms. The molecule has 1 fully saturated rings. The van der Waals surface area contributed by atoms with Crippen LogP contribution in [0.15, 0.2) is 67.0 Å². The Bertz CT molecular complexity index is 1280. The van der Waals surface area contributed by atoms with Gasteiger partial charge in [0.15, 0.2) is 5.82 Å². The van der Waals surface area contributed by atoms with Gasteiger partial charge in [-0.3, -0.25) is 14.8 Å². The molecule has 0 saturated carbocycles. The van der Waals surface area contributed by atoms with Crippen LogP contribution in [0.4, 0.5) is 22.9 Å². The molecule has 5 rings (SSSR count). The fraction of sp³-hybridized carbons (Fsp3) is 0.296. The number of likely N-dealkylation sites (N-methyl/N-ethyl adjacent to an activating group) is 1. The van der Waals surface area contributed by atoms with Crippen molar-refractivity contribution in [3.05, 3.63) is 72.6 Å². The van der Waals surface area contributed by atoms with Gasteiger partial charge in [-0.05, 0) is 74.5 Å². The monoisotopic (exact) mass is 469 g/mol. The van der Waals surface area contributed by atoms with E-state index in [9.17, 15) is 4.79 Å². The number of aromatic nitrogens is 3. The molecule has 8 nitrogen and oxygen atoms in total. The normalized spacial score (nSPS) is 14.8. The Hall–Kier alpha value is -3.75. The Morgan fingerprint density at radius 2 is 1.97 bits per heavy atom. The van der Waals surface area contributed by atoms with Crippen molar-refractivity contribution in [2.45, 2.75) is 12.8 Å². The van der Waals surface area contributed by atoms with Crippen molar-refractivity contribution in [1.82, 2.24) is 25.0 Å². The number of carbonyl (C=O) groups is 1. The number of H-pyrrole nitrogens is 1. The average Bonchev–Trinajstić information content (AvgIpc) is 3.35. The van der Waals surface area contributed by atoms with Crippen molar-refractivity contribution < 1.29 is 4.79 Å². The average molecular weight is 470 g/mol. The van der Waals surface area contributed by atoms with Crippen LogP contribution in [0.2, 0.25) is 0 Å². The molecular formula is C27H31N7O. The molecule has 2 aromatic heterocycles. The van der Waals surface area contributed by atoms with Gasteiger partial charge in [-0.2, -0.15) is 5.10 Å². The van der Waals surface area contributed by atoms with Crippen LogP contribution in [0.5, 0.6) is 0 Å². The quantitative estimate of drug-likeness (QED) is 0.358. The molecule has 0 atom stereocenters. The highest BCUT2D eigenvalue weighted by atomic mass is 16.1. The van der Waals surface area contributed by atoms with E-state index in [1.165, 1.54) is 5.56 Å². The van der Waals surface area contributed by atoms with Gasteiger partial charge in [0.25, 0.3) is 0 Å². The summed E-state index contributed by atoms with van der Waals surface area (Å²) >= 11 is 0. The Morgan fingerprint density at radius 1 is 1.09 bits per heavy atom. The topological polar surface area (TPSA) is 80.4 Å². The zero-order valence-electron chi connectivity index (χ0n) is 20.0. The van der Waals surface area contributed by atoms with Crippen LogP contribution >= 0.6 is 0 Å². The molecule has 0 spiro atoms. The summed E-state index contributed by atoms with van der Waals surface area (Å²) in [5, 5.41) is 11.5. The molecule has 0 aliphatic carbocycles. The Balaban J connectivity index is 1.30. The molecule has 180 valence electrons. The Morgan fingerprint density at radius 3 is 2.83 bits per heavy atom. The van der Waals surface area contributed by atoms with Crippen LogP contribution < -0.4 is 10.2 Å². The lowest BCUT2D eigenvalue weighted by atomic mass is 10.1. The van der Waals surface area contributed by atoms with Gasteiger partial charge in [-0.1, -0.05) is 12.1 Å². The summed E-state index contributed by atoms with van der Waals surface area (Å²) in [7, 11) is 2.18. The van der Waals surface area contributed by atoms with Gasteiger partial charge in [-0.25, -0.2) is 4.98 Å². The highest BCUT2D eigenvalue weighted by Crippen LogP contribution is 2.32. The van der Waals surface area contributed by atoms with Gasteiger partial charge < -0.3 is 15.1 Å². The molecule has 1 saturated heterocycles. The van der Waals surface area contributed by atoms with E-state index in [1.54, 1.807) is 17.3 Å². The first-order valence-corrected chi connectivity index (χ1v) is 12.1. The molecule has 3 heterocycles. The highest BCUT2D eigenvalue weighted by Gasteiger charge is 2.16. The van der Waals surface area contributed by atoms with Crippen LogP contribution in [0, 0.1) is 0 Å². The second-order valence-electron chi connectivity index (χ2n) is 9.06. The number of aromatic amines is 1. The number of amides is 1. The van der Waals surface area contributed by atoms with E-state index in [2.05, 4.69) is 49.5 Å². The fourth-order valence-electron chi connectivity index (χ4n) is 4.54. The number of nitrogens with zero attached hydrogens (tertiary/aromatic N) is 5. The van der Waals surface area contributed by atoms with E-state index in [0.29, 0.717) is 11.5 Å². The molecule has 2 aromatic carbocycles. The molecule has 2 N–H and O–H groups in total. The van der Waals surface area contributed by atoms with E-state index in [1.807, 2.05) is 42.5 Å². The lowest BCUT2D eigenvalue weighted by molar-refractivity contribution is -0.106. The molecule has 0 unspecified atom stereocenters. The Labute approximate surface area is 205 Å². The summed E-state index contributed by atoms with van der Waals surface area (Å²) in [5.74, 6) is 0.610. The van der Waals surface area contributed by atoms with Gasteiger partial charge >= 0.3 is 0 Å². The summed E-state index contributed by atoms with van der Waals surface area (Å²) < 4.78 is 0. The van der Waals surface area contributed by atoms with Crippen molar-refractivity contribution >= 4 is 40.2 Å². The van der Waals surface area contributed by atoms with Gasteiger partial charge in [0.05, 0.1) is 17.4 Å². The number of fused-ring (bicyclic) bond motifs is 1. The van der Waals surface area contributed by atoms with Gasteiger partial charge in [0.1, 0.15) is 0 Å². The molecule has 35 heavy (non-hydrogen) atoms. The van der Waals surface area contributed by atoms with Gasteiger partial charge in [-0.15, -0.1) is 0 Å². The molecule has 4 aromatic rings. The van der Waals surface area contributed by atoms with Crippen molar-refractivity contribution in [1.29, 1.82) is 0 Å². The third kappa shape index (κ3) is 5.50. The molecule has 1 aliphatic rings. The predicted molar refractivity (Wildman–Crippen MR) is 141 cm³/mol. The highest BCUT2D eigenvalue weighted by molar-refractivity contribution is 5.92. The van der Waals surface area contributed by atoms with Crippen LogP contribution in [-0.4, -0.2) is 71.2 Å². The molecule has 1 amide bonds. The molecule has 0 radical (unpaired) electrons. The smallest absolute Gasteiger partial charge is 0.218 e. The number of pyridine rings is 1. The van der Waals surface area contributed by atoms with E-state index >= 15 is 0 Å². The number of rotatable bonds is 9. The van der Waals surface area contributed by atoms with Crippen LogP contribution in [-0.2, 0) is 11.2 Å². The van der Waals surface area contributed by atoms with Crippen LogP contribution in [0.1, 0.15) is 12.0 Å². The number of hydrogen-bond acceptors (Lipinski definition) is 6. The summed E-state index contributed by atoms with van der Waals surface area (Å²) in [4.78, 5) is 23.3. The number of carbonyl (C=O) groups excluding carboxylic acids is 1. The van der Waals surface area contributed by atoms with Crippen molar-refractivity contribution in [3.8, 4) is 0 Å². The SMILES string of the molecule is CN1CCN(CCCc2cccc(N(C=O)c3cccnc3Nc3ccc4cn[nH]c4c3)c2)CC1. The fourth-order valence-corrected chi connectivity index (χ4v) is 4.54. The van der Waals surface area contributed by atoms with E-state index in [-0.39, 0.29) is 0 Å². The van der Waals surface area contributed by atoms with E-state index in [4.69, 9.17) is 0 Å². The third-order valence-electron chi connectivity index (χ3n) is 6.58. The zero-order valence-corrected chi connectivity index (χ0v) is 20.0. The minimum absolute atomic E-state index is 0.610. The maximum atomic E-state index is 12.3. The molecule has 1 aliphatic heterocycles. The Kier molecular flexibility index (Phi) is 7.02. The number of piperazine rings is 1. The van der Waals surface area contributed by atoms with Gasteiger partial charge in [0.2, 0.25) is 6.41 Å². The predicted octanol–water partition coefficient (Wildman–Crippen LogP) is 4.18. The van der Waals surface area contributed by atoms with E-state index < -0.39 is 0 Å². The van der Waals surface area contributed by atoms with Crippen molar-refractivity contribution in [2.24, 2.45) is 0 Å². The number of nitrogens with one attached hydrogen (secondary N) is 2. The third-order valence-corrected chi connectivity index (χ3v) is 6.58. The summed E-state index contributed by atoms with van der Waals surface area (Å²) in [6, 6.07) is 17.9. The first-order valence-electron chi connectivity index (χ1n) is 12.1. The largest absolute Gasteiger partial charge is 0.338 e. The second kappa shape index (κ2) is 10.7. The lowest BCUT2D eigenvalue weighted by Gasteiger charge is -2.32. The van der Waals surface area contributed by atoms with Crippen molar-refractivity contribution in [2.75, 3.05) is 50.0 Å². The summed E-state index contributed by atoms with van der Waals surface area (Å²) in [5.41, 5.74) is 4.56. The summed E-state index contributed by atoms with van der Waals surface area (Å²) in [6.07, 6.45) is 6.44.